The molecule has 3 aromatic rings. The Hall–Kier alpha value is -2.99. The highest BCUT2D eigenvalue weighted by Crippen LogP contribution is 2.26. The number of amides is 3. The average molecular weight is 349 g/mol. The highest BCUT2D eigenvalue weighted by atomic mass is 32.1. The number of carbonyl (C=O) groups is 2. The van der Waals surface area contributed by atoms with E-state index in [1.54, 1.807) is 0 Å². The first kappa shape index (κ1) is 15.5. The van der Waals surface area contributed by atoms with Gasteiger partial charge in [-0.2, -0.15) is 0 Å². The van der Waals surface area contributed by atoms with Crippen molar-refractivity contribution in [2.75, 3.05) is 6.54 Å². The first-order valence-corrected chi connectivity index (χ1v) is 8.77. The van der Waals surface area contributed by atoms with Gasteiger partial charge in [0.05, 0.1) is 18.8 Å². The van der Waals surface area contributed by atoms with Gasteiger partial charge < -0.3 is 5.32 Å². The van der Waals surface area contributed by atoms with Crippen LogP contribution in [0.25, 0.3) is 22.4 Å². The molecule has 0 atom stereocenters. The van der Waals surface area contributed by atoms with E-state index < -0.39 is 0 Å². The van der Waals surface area contributed by atoms with Gasteiger partial charge in [-0.3, -0.25) is 9.69 Å². The summed E-state index contributed by atoms with van der Waals surface area (Å²) in [5.74, 6) is -0.214. The number of carbonyl (C=O) groups excluding carboxylic acids is 2. The molecule has 3 amide bonds. The number of thiazole rings is 1. The maximum atomic E-state index is 11.7. The van der Waals surface area contributed by atoms with Crippen LogP contribution in [-0.2, 0) is 11.3 Å². The third kappa shape index (κ3) is 3.16. The molecule has 5 nitrogen and oxygen atoms in total. The van der Waals surface area contributed by atoms with E-state index >= 15 is 0 Å². The van der Waals surface area contributed by atoms with E-state index in [2.05, 4.69) is 34.6 Å². The number of hydrogen-bond donors (Lipinski definition) is 1. The van der Waals surface area contributed by atoms with Crippen LogP contribution in [0.4, 0.5) is 4.79 Å². The third-order valence-electron chi connectivity index (χ3n) is 4.07. The Morgan fingerprint density at radius 1 is 0.960 bits per heavy atom. The first-order valence-electron chi connectivity index (χ1n) is 7.89. The number of imide groups is 1. The van der Waals surface area contributed by atoms with Crippen molar-refractivity contribution in [3.8, 4) is 22.4 Å². The number of benzene rings is 2. The predicted octanol–water partition coefficient (Wildman–Crippen LogP) is 3.53. The maximum Gasteiger partial charge on any atom is 0.324 e. The zero-order valence-electron chi connectivity index (χ0n) is 13.3. The fourth-order valence-corrected chi connectivity index (χ4v) is 3.52. The molecule has 6 heteroatoms. The van der Waals surface area contributed by atoms with E-state index in [1.165, 1.54) is 21.8 Å². The lowest BCUT2D eigenvalue weighted by Crippen LogP contribution is -2.30. The SMILES string of the molecule is O=C1CNC(=O)N1Cc1nc(-c2ccc(-c3ccccc3)cc2)cs1. The molecule has 1 saturated heterocycles. The number of nitrogens with one attached hydrogen (secondary N) is 1. The summed E-state index contributed by atoms with van der Waals surface area (Å²) < 4.78 is 0. The van der Waals surface area contributed by atoms with Gasteiger partial charge in [-0.15, -0.1) is 11.3 Å². The van der Waals surface area contributed by atoms with E-state index in [9.17, 15) is 9.59 Å². The number of nitrogens with zero attached hydrogens (tertiary/aromatic N) is 2. The molecule has 124 valence electrons. The summed E-state index contributed by atoms with van der Waals surface area (Å²) in [5.41, 5.74) is 4.19. The maximum absolute atomic E-state index is 11.7. The Labute approximate surface area is 148 Å². The third-order valence-corrected chi connectivity index (χ3v) is 4.90. The lowest BCUT2D eigenvalue weighted by atomic mass is 10.0. The van der Waals surface area contributed by atoms with Gasteiger partial charge >= 0.3 is 6.03 Å². The van der Waals surface area contributed by atoms with Gasteiger partial charge in [-0.25, -0.2) is 9.78 Å². The highest BCUT2D eigenvalue weighted by Gasteiger charge is 2.29. The molecule has 0 spiro atoms. The number of rotatable bonds is 4. The molecule has 2 aromatic carbocycles. The molecule has 1 aliphatic rings. The molecule has 0 unspecified atom stereocenters. The second-order valence-electron chi connectivity index (χ2n) is 5.71. The molecule has 0 saturated carbocycles. The summed E-state index contributed by atoms with van der Waals surface area (Å²) in [5, 5.41) is 5.21. The van der Waals surface area contributed by atoms with E-state index in [4.69, 9.17) is 0 Å². The zero-order chi connectivity index (χ0) is 17.2. The number of aromatic nitrogens is 1. The molecule has 0 bridgehead atoms. The van der Waals surface area contributed by atoms with Crippen LogP contribution in [0.3, 0.4) is 0 Å². The van der Waals surface area contributed by atoms with Crippen LogP contribution in [0.5, 0.6) is 0 Å². The summed E-state index contributed by atoms with van der Waals surface area (Å²) in [7, 11) is 0. The van der Waals surface area contributed by atoms with Crippen molar-refractivity contribution in [1.82, 2.24) is 15.2 Å². The van der Waals surface area contributed by atoms with Gasteiger partial charge in [0.25, 0.3) is 0 Å². The monoisotopic (exact) mass is 349 g/mol. The topological polar surface area (TPSA) is 62.3 Å². The van der Waals surface area contributed by atoms with Crippen molar-refractivity contribution in [3.05, 3.63) is 65.0 Å². The van der Waals surface area contributed by atoms with Crippen LogP contribution in [0.1, 0.15) is 5.01 Å². The fraction of sp³-hybridized carbons (Fsp3) is 0.105. The van der Waals surface area contributed by atoms with E-state index in [0.29, 0.717) is 0 Å². The van der Waals surface area contributed by atoms with Crippen LogP contribution in [0.2, 0.25) is 0 Å². The van der Waals surface area contributed by atoms with Crippen molar-refractivity contribution >= 4 is 23.3 Å². The summed E-state index contributed by atoms with van der Waals surface area (Å²) in [4.78, 5) is 29.0. The molecule has 2 heterocycles. The quantitative estimate of drug-likeness (QED) is 0.733. The van der Waals surface area contributed by atoms with Crippen molar-refractivity contribution < 1.29 is 9.59 Å². The Balaban J connectivity index is 1.52. The van der Waals surface area contributed by atoms with Crippen LogP contribution in [0, 0.1) is 0 Å². The van der Waals surface area contributed by atoms with Gasteiger partial charge in [0, 0.05) is 10.9 Å². The van der Waals surface area contributed by atoms with Crippen LogP contribution in [-0.4, -0.2) is 28.4 Å². The van der Waals surface area contributed by atoms with Gasteiger partial charge in [0.15, 0.2) is 0 Å². The second-order valence-corrected chi connectivity index (χ2v) is 6.65. The summed E-state index contributed by atoms with van der Waals surface area (Å²) in [6.07, 6.45) is 0. The lowest BCUT2D eigenvalue weighted by molar-refractivity contribution is -0.125. The minimum Gasteiger partial charge on any atom is -0.329 e. The molecule has 0 aliphatic carbocycles. The molecular formula is C19H15N3O2S. The molecule has 1 aliphatic heterocycles. The smallest absolute Gasteiger partial charge is 0.324 e. The minimum atomic E-state index is -0.353. The number of hydrogen-bond acceptors (Lipinski definition) is 4. The molecule has 1 fully saturated rings. The molecule has 1 N–H and O–H groups in total. The van der Waals surface area contributed by atoms with Gasteiger partial charge in [0.2, 0.25) is 5.91 Å². The highest BCUT2D eigenvalue weighted by molar-refractivity contribution is 7.09. The van der Waals surface area contributed by atoms with Crippen molar-refractivity contribution in [2.45, 2.75) is 6.54 Å². The van der Waals surface area contributed by atoms with Gasteiger partial charge in [-0.1, -0.05) is 54.6 Å². The minimum absolute atomic E-state index is 0.0675. The Morgan fingerprint density at radius 2 is 1.64 bits per heavy atom. The van der Waals surface area contributed by atoms with Crippen molar-refractivity contribution in [2.24, 2.45) is 0 Å². The molecular weight excluding hydrogens is 334 g/mol. The normalized spacial score (nSPS) is 14.0. The predicted molar refractivity (Wildman–Crippen MR) is 96.9 cm³/mol. The summed E-state index contributed by atoms with van der Waals surface area (Å²) >= 11 is 1.45. The summed E-state index contributed by atoms with van der Waals surface area (Å²) in [6.45, 7) is 0.287. The van der Waals surface area contributed by atoms with E-state index in [0.717, 1.165) is 21.8 Å². The van der Waals surface area contributed by atoms with E-state index in [-0.39, 0.29) is 25.0 Å². The van der Waals surface area contributed by atoms with Crippen molar-refractivity contribution in [3.63, 3.8) is 0 Å². The largest absolute Gasteiger partial charge is 0.329 e. The zero-order valence-corrected chi connectivity index (χ0v) is 14.1. The average Bonchev–Trinajstić information content (AvgIpc) is 3.25. The Bertz CT molecular complexity index is 903. The Kier molecular flexibility index (Phi) is 4.03. The van der Waals surface area contributed by atoms with Crippen LogP contribution in [0.15, 0.2) is 60.0 Å². The molecule has 25 heavy (non-hydrogen) atoms. The fourth-order valence-electron chi connectivity index (χ4n) is 2.73. The van der Waals surface area contributed by atoms with Crippen LogP contribution < -0.4 is 5.32 Å². The van der Waals surface area contributed by atoms with Gasteiger partial charge in [-0.05, 0) is 11.1 Å². The number of urea groups is 1. The molecule has 4 rings (SSSR count). The molecule has 0 radical (unpaired) electrons. The molecule has 1 aromatic heterocycles. The summed E-state index contributed by atoms with van der Waals surface area (Å²) in [6, 6.07) is 18.1. The van der Waals surface area contributed by atoms with Crippen molar-refractivity contribution in [1.29, 1.82) is 0 Å². The second kappa shape index (κ2) is 6.49. The lowest BCUT2D eigenvalue weighted by Gasteiger charge is -2.09. The standard InChI is InChI=1S/C19H15N3O2S/c23-18-10-20-19(24)22(18)11-17-21-16(12-25-17)15-8-6-14(7-9-15)13-4-2-1-3-5-13/h1-9,12H,10-11H2,(H,20,24). The van der Waals surface area contributed by atoms with E-state index in [1.807, 2.05) is 35.7 Å². The Morgan fingerprint density at radius 3 is 2.32 bits per heavy atom. The first-order chi connectivity index (χ1) is 12.2. The van der Waals surface area contributed by atoms with Crippen LogP contribution >= 0.6 is 11.3 Å². The van der Waals surface area contributed by atoms with Gasteiger partial charge in [0.1, 0.15) is 5.01 Å².